The van der Waals surface area contributed by atoms with E-state index in [1.54, 1.807) is 24.5 Å². The van der Waals surface area contributed by atoms with Crippen molar-refractivity contribution in [2.75, 3.05) is 10.6 Å². The molecule has 2 aliphatic carbocycles. The van der Waals surface area contributed by atoms with E-state index in [0.717, 1.165) is 50.9 Å². The fraction of sp³-hybridized carbons (Fsp3) is 0.389. The van der Waals surface area contributed by atoms with Gasteiger partial charge in [0.15, 0.2) is 11.6 Å². The summed E-state index contributed by atoms with van der Waals surface area (Å²) in [5.74, 6) is -0.223. The molecule has 12 nitrogen and oxygen atoms in total. The molecule has 20 heteroatoms. The second-order valence-electron chi connectivity index (χ2n) is 13.8. The molecule has 6 heterocycles. The summed E-state index contributed by atoms with van der Waals surface area (Å²) in [4.78, 5) is 30.5. The molecule has 0 radical (unpaired) electrons. The Kier molecular flexibility index (Phi) is 11.3. The van der Waals surface area contributed by atoms with Crippen molar-refractivity contribution in [3.05, 3.63) is 70.5 Å². The Bertz CT molecular complexity index is 2170. The molecule has 0 spiro atoms. The number of aromatic amines is 2. The maximum Gasteiger partial charge on any atom is 0.421 e. The molecule has 8 N–H and O–H groups in total. The van der Waals surface area contributed by atoms with Gasteiger partial charge in [-0.05, 0) is 37.8 Å². The van der Waals surface area contributed by atoms with E-state index in [2.05, 4.69) is 50.5 Å². The molecule has 0 aliphatic heterocycles. The van der Waals surface area contributed by atoms with Gasteiger partial charge in [0.1, 0.15) is 34.1 Å². The van der Waals surface area contributed by atoms with Crippen LogP contribution in [0.5, 0.6) is 0 Å². The summed E-state index contributed by atoms with van der Waals surface area (Å²) in [5, 5.41) is 7.92. The Hall–Kier alpha value is -4.78. The smallest absolute Gasteiger partial charge is 0.365 e. The number of halogens is 8. The third-order valence-corrected chi connectivity index (χ3v) is 10.4. The highest BCUT2D eigenvalue weighted by Gasteiger charge is 2.38. The van der Waals surface area contributed by atoms with Gasteiger partial charge in [-0.1, -0.05) is 48.9 Å². The van der Waals surface area contributed by atoms with Crippen LogP contribution in [0.15, 0.2) is 49.3 Å². The molecule has 2 fully saturated rings. The van der Waals surface area contributed by atoms with E-state index in [0.29, 0.717) is 56.1 Å². The number of fused-ring (bicyclic) bond motifs is 2. The molecule has 8 rings (SSSR count). The van der Waals surface area contributed by atoms with Crippen molar-refractivity contribution in [1.29, 1.82) is 0 Å². The first-order chi connectivity index (χ1) is 26.7. The fourth-order valence-corrected chi connectivity index (χ4v) is 7.33. The minimum atomic E-state index is -4.58. The van der Waals surface area contributed by atoms with Crippen molar-refractivity contribution in [3.63, 3.8) is 0 Å². The van der Waals surface area contributed by atoms with Crippen LogP contribution in [0.2, 0.25) is 10.0 Å². The number of nitrogens with one attached hydrogen (secondary N) is 4. The largest absolute Gasteiger partial charge is 0.421 e. The van der Waals surface area contributed by atoms with Crippen LogP contribution in [-0.4, -0.2) is 64.0 Å². The van der Waals surface area contributed by atoms with Crippen molar-refractivity contribution in [2.24, 2.45) is 11.5 Å². The van der Waals surface area contributed by atoms with Crippen LogP contribution in [-0.2, 0) is 12.4 Å². The van der Waals surface area contributed by atoms with Crippen LogP contribution in [0.3, 0.4) is 0 Å². The highest BCUT2D eigenvalue weighted by Crippen LogP contribution is 2.38. The fourth-order valence-electron chi connectivity index (χ4n) is 7.01. The Morgan fingerprint density at radius 1 is 0.589 bits per heavy atom. The molecular weight excluding hydrogens is 785 g/mol. The van der Waals surface area contributed by atoms with Gasteiger partial charge in [0, 0.05) is 83.2 Å². The summed E-state index contributed by atoms with van der Waals surface area (Å²) in [6.45, 7) is 0. The monoisotopic (exact) mass is 820 g/mol. The number of aromatic nitrogens is 8. The lowest BCUT2D eigenvalue weighted by molar-refractivity contribution is -0.138. The Labute approximate surface area is 325 Å². The highest BCUT2D eigenvalue weighted by atomic mass is 35.5. The van der Waals surface area contributed by atoms with Crippen molar-refractivity contribution < 1.29 is 26.3 Å². The van der Waals surface area contributed by atoms with E-state index in [4.69, 9.17) is 34.7 Å². The summed E-state index contributed by atoms with van der Waals surface area (Å²) in [7, 11) is 0. The number of rotatable bonds is 6. The number of hydrogen-bond donors (Lipinski definition) is 6. The van der Waals surface area contributed by atoms with Gasteiger partial charge in [-0.3, -0.25) is 0 Å². The molecule has 6 aromatic heterocycles. The number of anilines is 2. The number of pyridine rings is 2. The molecule has 0 bridgehead atoms. The second kappa shape index (κ2) is 16.0. The van der Waals surface area contributed by atoms with Gasteiger partial charge >= 0.3 is 12.4 Å². The summed E-state index contributed by atoms with van der Waals surface area (Å²) in [6, 6.07) is 2.36. The van der Waals surface area contributed by atoms with Crippen molar-refractivity contribution in [1.82, 2.24) is 39.9 Å². The zero-order chi connectivity index (χ0) is 39.8. The molecule has 0 saturated heterocycles. The Balaban J connectivity index is 0.000000172. The van der Waals surface area contributed by atoms with E-state index in [-0.39, 0.29) is 47.5 Å². The minimum Gasteiger partial charge on any atom is -0.365 e. The third kappa shape index (κ3) is 8.62. The number of alkyl halides is 6. The van der Waals surface area contributed by atoms with Gasteiger partial charge in [0.25, 0.3) is 0 Å². The summed E-state index contributed by atoms with van der Waals surface area (Å²) >= 11 is 12.0. The average Bonchev–Trinajstić information content (AvgIpc) is 3.77. The lowest BCUT2D eigenvalue weighted by Gasteiger charge is -2.30. The van der Waals surface area contributed by atoms with Crippen LogP contribution in [0.25, 0.3) is 44.8 Å². The van der Waals surface area contributed by atoms with Crippen LogP contribution >= 0.6 is 23.2 Å². The molecule has 6 aromatic rings. The Morgan fingerprint density at radius 3 is 1.36 bits per heavy atom. The maximum absolute atomic E-state index is 13.5. The van der Waals surface area contributed by atoms with Gasteiger partial charge < -0.3 is 32.1 Å². The van der Waals surface area contributed by atoms with Crippen molar-refractivity contribution in [3.8, 4) is 22.8 Å². The maximum atomic E-state index is 13.5. The van der Waals surface area contributed by atoms with E-state index in [9.17, 15) is 26.3 Å². The lowest BCUT2D eigenvalue weighted by Crippen LogP contribution is -2.43. The second-order valence-corrected chi connectivity index (χ2v) is 14.7. The predicted octanol–water partition coefficient (Wildman–Crippen LogP) is 8.75. The van der Waals surface area contributed by atoms with E-state index in [1.165, 1.54) is 12.4 Å². The zero-order valence-corrected chi connectivity index (χ0v) is 31.0. The standard InChI is InChI=1S/2C18H18ClF3N6/c2*19-9-5-10-11(7-25-15(10)24-6-9)16-26-8-12(18(20,21)22)17(28-16)27-14-4-2-1-3-13(14)23/h2*5-8,13-14H,1-4,23H2,(H,24,25)(H,26,27,28)/t13-,14?;/m1./s1. The number of hydrogen-bond acceptors (Lipinski definition) is 10. The summed E-state index contributed by atoms with van der Waals surface area (Å²) in [6.07, 6.45) is 5.33. The highest BCUT2D eigenvalue weighted by molar-refractivity contribution is 6.31. The molecule has 4 atom stereocenters. The molecule has 296 valence electrons. The number of nitrogens with zero attached hydrogens (tertiary/aromatic N) is 6. The first-order valence-electron chi connectivity index (χ1n) is 17.8. The molecule has 56 heavy (non-hydrogen) atoms. The first kappa shape index (κ1) is 39.5. The average molecular weight is 822 g/mol. The molecular formula is C36H36Cl2F6N12. The zero-order valence-electron chi connectivity index (χ0n) is 29.4. The van der Waals surface area contributed by atoms with Crippen LogP contribution in [0.1, 0.15) is 62.5 Å². The predicted molar refractivity (Wildman–Crippen MR) is 202 cm³/mol. The van der Waals surface area contributed by atoms with E-state index in [1.807, 2.05) is 0 Å². The van der Waals surface area contributed by atoms with Gasteiger partial charge in [0.2, 0.25) is 0 Å². The topological polar surface area (TPSA) is 185 Å². The number of H-pyrrole nitrogens is 2. The molecule has 0 aromatic carbocycles. The van der Waals surface area contributed by atoms with Crippen LogP contribution in [0, 0.1) is 0 Å². The molecule has 2 aliphatic rings. The van der Waals surface area contributed by atoms with Crippen molar-refractivity contribution >= 4 is 56.9 Å². The quantitative estimate of drug-likeness (QED) is 0.0888. The summed E-state index contributed by atoms with van der Waals surface area (Å²) in [5.41, 5.74) is 12.5. The van der Waals surface area contributed by atoms with Crippen LogP contribution < -0.4 is 22.1 Å². The number of nitrogens with two attached hydrogens (primary N) is 2. The first-order valence-corrected chi connectivity index (χ1v) is 18.6. The van der Waals surface area contributed by atoms with E-state index < -0.39 is 23.5 Å². The normalized spacial score (nSPS) is 20.5. The minimum absolute atomic E-state index is 0.148. The molecule has 0 amide bonds. The molecule has 3 unspecified atom stereocenters. The van der Waals surface area contributed by atoms with Crippen LogP contribution in [0.4, 0.5) is 38.0 Å². The van der Waals surface area contributed by atoms with Gasteiger partial charge in [0.05, 0.1) is 10.0 Å². The van der Waals surface area contributed by atoms with Gasteiger partial charge in [-0.2, -0.15) is 26.3 Å². The lowest BCUT2D eigenvalue weighted by atomic mass is 9.91. The Morgan fingerprint density at radius 2 is 0.982 bits per heavy atom. The van der Waals surface area contributed by atoms with E-state index >= 15 is 0 Å². The van der Waals surface area contributed by atoms with Gasteiger partial charge in [-0.15, -0.1) is 0 Å². The van der Waals surface area contributed by atoms with Crippen molar-refractivity contribution in [2.45, 2.75) is 87.9 Å². The molecule has 2 saturated carbocycles. The SMILES string of the molecule is NC1CCCCC1Nc1nc(-c2c[nH]c3ncc(Cl)cc23)ncc1C(F)(F)F.N[C@@H]1CCCCC1Nc1nc(-c2c[nH]c3ncc(Cl)cc23)ncc1C(F)(F)F. The van der Waals surface area contributed by atoms with Gasteiger partial charge in [-0.25, -0.2) is 29.9 Å². The third-order valence-electron chi connectivity index (χ3n) is 9.95. The summed E-state index contributed by atoms with van der Waals surface area (Å²) < 4.78 is 81.0.